The fraction of sp³-hybridized carbons (Fsp3) is 0.0500. The number of aromatic nitrogens is 2. The molecular weight excluding hydrogens is 349 g/mol. The maximum Gasteiger partial charge on any atom is 0.251 e. The lowest BCUT2D eigenvalue weighted by Gasteiger charge is -2.06. The molecule has 1 N–H and O–H groups in total. The maximum absolute atomic E-state index is 13.3. The molecule has 26 heavy (non-hydrogen) atoms. The van der Waals surface area contributed by atoms with Gasteiger partial charge in [-0.25, -0.2) is 9.37 Å². The molecular formula is C20H14FN3OS. The Kier molecular flexibility index (Phi) is 4.41. The van der Waals surface area contributed by atoms with E-state index in [-0.39, 0.29) is 11.7 Å². The van der Waals surface area contributed by atoms with E-state index < -0.39 is 0 Å². The third-order valence-corrected chi connectivity index (χ3v) is 4.68. The second kappa shape index (κ2) is 7.01. The Morgan fingerprint density at radius 1 is 1.04 bits per heavy atom. The third-order valence-electron chi connectivity index (χ3n) is 4.04. The molecule has 0 atom stereocenters. The fourth-order valence-corrected chi connectivity index (χ4v) is 3.22. The van der Waals surface area contributed by atoms with Gasteiger partial charge in [0.2, 0.25) is 0 Å². The van der Waals surface area contributed by atoms with Gasteiger partial charge in [0.15, 0.2) is 0 Å². The lowest BCUT2D eigenvalue weighted by Crippen LogP contribution is -2.22. The molecule has 1 amide bonds. The van der Waals surface area contributed by atoms with Gasteiger partial charge < -0.3 is 5.32 Å². The summed E-state index contributed by atoms with van der Waals surface area (Å²) in [6.07, 6.45) is 1.71. The molecule has 0 aliphatic heterocycles. The number of carbonyl (C=O) groups excluding carboxylic acids is 1. The van der Waals surface area contributed by atoms with Crippen LogP contribution in [0, 0.1) is 5.82 Å². The van der Waals surface area contributed by atoms with Gasteiger partial charge in [-0.3, -0.25) is 9.78 Å². The molecule has 4 aromatic rings. The molecule has 0 saturated carbocycles. The first-order valence-electron chi connectivity index (χ1n) is 8.00. The Morgan fingerprint density at radius 2 is 1.88 bits per heavy atom. The van der Waals surface area contributed by atoms with Crippen molar-refractivity contribution in [3.05, 3.63) is 82.7 Å². The highest BCUT2D eigenvalue weighted by atomic mass is 32.1. The lowest BCUT2D eigenvalue weighted by molar-refractivity contribution is 0.0950. The van der Waals surface area contributed by atoms with Crippen molar-refractivity contribution in [1.29, 1.82) is 0 Å². The highest BCUT2D eigenvalue weighted by Gasteiger charge is 2.07. The summed E-state index contributed by atoms with van der Waals surface area (Å²) in [4.78, 5) is 20.7. The van der Waals surface area contributed by atoms with Crippen LogP contribution in [0.2, 0.25) is 0 Å². The Hall–Kier alpha value is -3.12. The second-order valence-electron chi connectivity index (χ2n) is 5.80. The van der Waals surface area contributed by atoms with Gasteiger partial charge in [-0.15, -0.1) is 11.3 Å². The molecule has 0 spiro atoms. The van der Waals surface area contributed by atoms with E-state index in [1.807, 2.05) is 23.6 Å². The van der Waals surface area contributed by atoms with E-state index in [1.165, 1.54) is 23.5 Å². The van der Waals surface area contributed by atoms with Gasteiger partial charge in [0.1, 0.15) is 5.82 Å². The maximum atomic E-state index is 13.3. The minimum absolute atomic E-state index is 0.142. The summed E-state index contributed by atoms with van der Waals surface area (Å²) >= 11 is 1.50. The minimum atomic E-state index is -0.300. The summed E-state index contributed by atoms with van der Waals surface area (Å²) in [5.74, 6) is -0.442. The van der Waals surface area contributed by atoms with Crippen molar-refractivity contribution in [2.45, 2.75) is 6.54 Å². The van der Waals surface area contributed by atoms with E-state index in [9.17, 15) is 9.18 Å². The zero-order valence-corrected chi connectivity index (χ0v) is 14.5. The molecule has 0 aliphatic rings. The molecule has 2 aromatic carbocycles. The number of hydrogen-bond donors (Lipinski definition) is 1. The van der Waals surface area contributed by atoms with Crippen molar-refractivity contribution in [1.82, 2.24) is 15.3 Å². The zero-order valence-electron chi connectivity index (χ0n) is 13.6. The quantitative estimate of drug-likeness (QED) is 0.584. The van der Waals surface area contributed by atoms with Crippen molar-refractivity contribution in [3.8, 4) is 11.1 Å². The van der Waals surface area contributed by atoms with Gasteiger partial charge in [-0.1, -0.05) is 12.1 Å². The lowest BCUT2D eigenvalue weighted by atomic mass is 10.0. The van der Waals surface area contributed by atoms with Crippen LogP contribution in [-0.4, -0.2) is 15.9 Å². The van der Waals surface area contributed by atoms with Crippen LogP contribution in [0.25, 0.3) is 22.0 Å². The number of amides is 1. The molecule has 4 nitrogen and oxygen atoms in total. The fourth-order valence-electron chi connectivity index (χ4n) is 2.66. The number of nitrogens with zero attached hydrogens (tertiary/aromatic N) is 2. The standard InChI is InChI=1S/C20H14FN3OS/c21-17-6-5-15-7-16(9-22-19(15)8-17)13-1-3-14(4-2-13)20(25)23-10-18-11-26-12-24-18/h1-9,11-12H,10H2,(H,23,25). The largest absolute Gasteiger partial charge is 0.346 e. The summed E-state index contributed by atoms with van der Waals surface area (Å²) in [5.41, 5.74) is 5.64. The Labute approximate surface area is 153 Å². The molecule has 0 unspecified atom stereocenters. The SMILES string of the molecule is O=C(NCc1cscn1)c1ccc(-c2cnc3cc(F)ccc3c2)cc1. The van der Waals surface area contributed by atoms with E-state index in [1.54, 1.807) is 29.9 Å². The topological polar surface area (TPSA) is 54.9 Å². The number of fused-ring (bicyclic) bond motifs is 1. The summed E-state index contributed by atoms with van der Waals surface area (Å²) < 4.78 is 13.3. The van der Waals surface area contributed by atoms with E-state index in [0.29, 0.717) is 17.6 Å². The summed E-state index contributed by atoms with van der Waals surface area (Å²) in [7, 11) is 0. The molecule has 6 heteroatoms. The number of benzene rings is 2. The van der Waals surface area contributed by atoms with E-state index in [4.69, 9.17) is 0 Å². The van der Waals surface area contributed by atoms with E-state index >= 15 is 0 Å². The smallest absolute Gasteiger partial charge is 0.251 e. The number of rotatable bonds is 4. The van der Waals surface area contributed by atoms with Crippen LogP contribution in [-0.2, 0) is 6.54 Å². The number of thiazole rings is 1. The molecule has 0 fully saturated rings. The van der Waals surface area contributed by atoms with Crippen LogP contribution in [0.5, 0.6) is 0 Å². The molecule has 0 saturated heterocycles. The predicted octanol–water partition coefficient (Wildman–Crippen LogP) is 4.43. The normalized spacial score (nSPS) is 10.8. The first kappa shape index (κ1) is 16.4. The molecule has 2 heterocycles. The predicted molar refractivity (Wildman–Crippen MR) is 100 cm³/mol. The van der Waals surface area contributed by atoms with Gasteiger partial charge >= 0.3 is 0 Å². The number of pyridine rings is 1. The third kappa shape index (κ3) is 3.45. The van der Waals surface area contributed by atoms with Crippen LogP contribution in [0.3, 0.4) is 0 Å². The van der Waals surface area contributed by atoms with Gasteiger partial charge in [-0.2, -0.15) is 0 Å². The van der Waals surface area contributed by atoms with Crippen LogP contribution >= 0.6 is 11.3 Å². The average Bonchev–Trinajstić information content (AvgIpc) is 3.19. The summed E-state index contributed by atoms with van der Waals surface area (Å²) in [6.45, 7) is 0.412. The van der Waals surface area contributed by atoms with Gasteiger partial charge in [0.05, 0.1) is 23.3 Å². The van der Waals surface area contributed by atoms with Gasteiger partial charge in [-0.05, 0) is 35.9 Å². The van der Waals surface area contributed by atoms with Crippen molar-refractivity contribution in [2.75, 3.05) is 0 Å². The summed E-state index contributed by atoms with van der Waals surface area (Å²) in [5, 5.41) is 5.62. The zero-order chi connectivity index (χ0) is 17.9. The van der Waals surface area contributed by atoms with Crippen LogP contribution in [0.4, 0.5) is 4.39 Å². The van der Waals surface area contributed by atoms with Crippen molar-refractivity contribution < 1.29 is 9.18 Å². The van der Waals surface area contributed by atoms with Crippen LogP contribution in [0.15, 0.2) is 65.6 Å². The minimum Gasteiger partial charge on any atom is -0.346 e. The second-order valence-corrected chi connectivity index (χ2v) is 6.52. The first-order valence-corrected chi connectivity index (χ1v) is 8.94. The van der Waals surface area contributed by atoms with Crippen LogP contribution in [0.1, 0.15) is 16.1 Å². The molecule has 2 aromatic heterocycles. The molecule has 0 radical (unpaired) electrons. The van der Waals surface area contributed by atoms with E-state index in [2.05, 4.69) is 15.3 Å². The van der Waals surface area contributed by atoms with Crippen molar-refractivity contribution in [3.63, 3.8) is 0 Å². The van der Waals surface area contributed by atoms with Crippen molar-refractivity contribution in [2.24, 2.45) is 0 Å². The number of carbonyl (C=O) groups is 1. The highest BCUT2D eigenvalue weighted by Crippen LogP contribution is 2.23. The van der Waals surface area contributed by atoms with E-state index in [0.717, 1.165) is 22.2 Å². The average molecular weight is 363 g/mol. The monoisotopic (exact) mass is 363 g/mol. The number of hydrogen-bond acceptors (Lipinski definition) is 4. The molecule has 128 valence electrons. The van der Waals surface area contributed by atoms with Gasteiger partial charge in [0.25, 0.3) is 5.91 Å². The Morgan fingerprint density at radius 3 is 2.65 bits per heavy atom. The summed E-state index contributed by atoms with van der Waals surface area (Å²) in [6, 6.07) is 13.8. The first-order chi connectivity index (χ1) is 12.7. The number of halogens is 1. The Bertz CT molecular complexity index is 1060. The van der Waals surface area contributed by atoms with Gasteiger partial charge in [0, 0.05) is 34.2 Å². The van der Waals surface area contributed by atoms with Crippen LogP contribution < -0.4 is 5.32 Å². The Balaban J connectivity index is 1.52. The molecule has 4 rings (SSSR count). The number of nitrogens with one attached hydrogen (secondary N) is 1. The van der Waals surface area contributed by atoms with Crippen molar-refractivity contribution >= 4 is 28.1 Å². The highest BCUT2D eigenvalue weighted by molar-refractivity contribution is 7.07. The molecule has 0 aliphatic carbocycles. The molecule has 0 bridgehead atoms.